The summed E-state index contributed by atoms with van der Waals surface area (Å²) < 4.78 is 6.35. The van der Waals surface area contributed by atoms with Crippen molar-refractivity contribution < 1.29 is 4.74 Å². The molecule has 1 saturated carbocycles. The fraction of sp³-hybridized carbons (Fsp3) is 0.560. The number of hydrogen-bond acceptors (Lipinski definition) is 4. The Morgan fingerprint density at radius 2 is 2.00 bits per heavy atom. The van der Waals surface area contributed by atoms with Crippen molar-refractivity contribution in [1.82, 2.24) is 9.97 Å². The molecule has 0 bridgehead atoms. The molecule has 2 aliphatic rings. The van der Waals surface area contributed by atoms with Crippen LogP contribution in [0.2, 0.25) is 0 Å². The lowest BCUT2D eigenvalue weighted by molar-refractivity contribution is -0.104. The molecule has 0 aromatic carbocycles. The Balaban J connectivity index is 1.45. The van der Waals surface area contributed by atoms with Gasteiger partial charge in [0, 0.05) is 30.1 Å². The molecule has 1 spiro atoms. The van der Waals surface area contributed by atoms with Gasteiger partial charge in [0.05, 0.1) is 16.9 Å². The predicted octanol–water partition coefficient (Wildman–Crippen LogP) is 5.43. The Kier molecular flexibility index (Phi) is 5.96. The minimum atomic E-state index is 0.0817. The van der Waals surface area contributed by atoms with Crippen LogP contribution in [0.3, 0.4) is 0 Å². The maximum absolute atomic E-state index is 9.24. The van der Waals surface area contributed by atoms with Crippen LogP contribution in [0, 0.1) is 18.3 Å². The summed E-state index contributed by atoms with van der Waals surface area (Å²) in [5.41, 5.74) is 4.14. The highest BCUT2D eigenvalue weighted by Crippen LogP contribution is 2.50. The standard InChI is InChI=1S/C25H31N3O/c1-20-22(17-26)16-21(18-28-20)8-2-4-10-24(23-9-3-7-14-27-23)13-15-29-25(19-24)11-5-6-12-25/h3,7,9,14,16,18H,2,4-6,8,10-13,15,19H2,1H3. The predicted molar refractivity (Wildman–Crippen MR) is 114 cm³/mol. The quantitative estimate of drug-likeness (QED) is 0.618. The Morgan fingerprint density at radius 1 is 1.14 bits per heavy atom. The van der Waals surface area contributed by atoms with Crippen molar-refractivity contribution in [2.24, 2.45) is 0 Å². The first-order valence-electron chi connectivity index (χ1n) is 11.1. The number of nitrogens with zero attached hydrogens (tertiary/aromatic N) is 3. The summed E-state index contributed by atoms with van der Waals surface area (Å²) in [6, 6.07) is 10.6. The first-order chi connectivity index (χ1) is 14.1. The second kappa shape index (κ2) is 8.63. The molecule has 29 heavy (non-hydrogen) atoms. The van der Waals surface area contributed by atoms with Gasteiger partial charge in [-0.2, -0.15) is 5.26 Å². The van der Waals surface area contributed by atoms with Crippen LogP contribution in [-0.2, 0) is 16.6 Å². The Hall–Kier alpha value is -2.25. The van der Waals surface area contributed by atoms with E-state index in [1.165, 1.54) is 36.9 Å². The fourth-order valence-corrected chi connectivity index (χ4v) is 5.41. The minimum Gasteiger partial charge on any atom is -0.375 e. The first kappa shape index (κ1) is 20.0. The van der Waals surface area contributed by atoms with Gasteiger partial charge >= 0.3 is 0 Å². The molecular formula is C25H31N3O. The largest absolute Gasteiger partial charge is 0.375 e. The molecule has 1 aliphatic heterocycles. The van der Waals surface area contributed by atoms with Crippen molar-refractivity contribution in [3.05, 3.63) is 59.2 Å². The third kappa shape index (κ3) is 4.36. The molecular weight excluding hydrogens is 358 g/mol. The van der Waals surface area contributed by atoms with Crippen molar-refractivity contribution in [3.63, 3.8) is 0 Å². The molecule has 4 rings (SSSR count). The smallest absolute Gasteiger partial charge is 0.101 e. The van der Waals surface area contributed by atoms with Crippen LogP contribution in [0.4, 0.5) is 0 Å². The summed E-state index contributed by atoms with van der Waals surface area (Å²) in [7, 11) is 0. The number of pyridine rings is 2. The van der Waals surface area contributed by atoms with E-state index in [9.17, 15) is 5.26 Å². The maximum atomic E-state index is 9.24. The number of rotatable bonds is 6. The van der Waals surface area contributed by atoms with E-state index in [-0.39, 0.29) is 11.0 Å². The molecule has 0 amide bonds. The molecule has 2 fully saturated rings. The van der Waals surface area contributed by atoms with Gasteiger partial charge in [0.25, 0.3) is 0 Å². The minimum absolute atomic E-state index is 0.0817. The topological polar surface area (TPSA) is 58.8 Å². The molecule has 0 N–H and O–H groups in total. The van der Waals surface area contributed by atoms with E-state index in [1.54, 1.807) is 0 Å². The molecule has 2 aromatic rings. The molecule has 3 heterocycles. The number of hydrogen-bond donors (Lipinski definition) is 0. The van der Waals surface area contributed by atoms with Gasteiger partial charge in [0.2, 0.25) is 0 Å². The molecule has 4 heteroatoms. The van der Waals surface area contributed by atoms with E-state index in [4.69, 9.17) is 9.72 Å². The molecule has 152 valence electrons. The van der Waals surface area contributed by atoms with Crippen LogP contribution in [0.1, 0.15) is 80.3 Å². The summed E-state index contributed by atoms with van der Waals surface area (Å²) in [6.07, 6.45) is 15.4. The van der Waals surface area contributed by atoms with Gasteiger partial charge in [-0.3, -0.25) is 9.97 Å². The molecule has 1 aliphatic carbocycles. The van der Waals surface area contributed by atoms with Crippen LogP contribution in [0.25, 0.3) is 0 Å². The zero-order valence-electron chi connectivity index (χ0n) is 17.5. The summed E-state index contributed by atoms with van der Waals surface area (Å²) in [5, 5.41) is 9.24. The second-order valence-electron chi connectivity index (χ2n) is 8.96. The molecule has 0 radical (unpaired) electrons. The highest BCUT2D eigenvalue weighted by atomic mass is 16.5. The van der Waals surface area contributed by atoms with Gasteiger partial charge in [0.1, 0.15) is 6.07 Å². The fourth-order valence-electron chi connectivity index (χ4n) is 5.41. The van der Waals surface area contributed by atoms with Crippen molar-refractivity contribution in [3.8, 4) is 6.07 Å². The lowest BCUT2D eigenvalue weighted by Crippen LogP contribution is -2.46. The molecule has 1 saturated heterocycles. The van der Waals surface area contributed by atoms with Crippen LogP contribution in [-0.4, -0.2) is 22.2 Å². The van der Waals surface area contributed by atoms with Crippen molar-refractivity contribution in [2.45, 2.75) is 82.1 Å². The summed E-state index contributed by atoms with van der Waals surface area (Å²) in [5.74, 6) is 0. The van der Waals surface area contributed by atoms with Crippen molar-refractivity contribution in [1.29, 1.82) is 5.26 Å². The summed E-state index contributed by atoms with van der Waals surface area (Å²) >= 11 is 0. The van der Waals surface area contributed by atoms with Crippen molar-refractivity contribution in [2.75, 3.05) is 6.61 Å². The van der Waals surface area contributed by atoms with Crippen molar-refractivity contribution >= 4 is 0 Å². The first-order valence-corrected chi connectivity index (χ1v) is 11.1. The number of unbranched alkanes of at least 4 members (excludes halogenated alkanes) is 1. The maximum Gasteiger partial charge on any atom is 0.101 e. The highest BCUT2D eigenvalue weighted by molar-refractivity contribution is 5.35. The van der Waals surface area contributed by atoms with Gasteiger partial charge in [-0.1, -0.05) is 25.3 Å². The van der Waals surface area contributed by atoms with Crippen LogP contribution in [0.15, 0.2) is 36.7 Å². The zero-order valence-corrected chi connectivity index (χ0v) is 17.5. The number of ether oxygens (including phenoxy) is 1. The van der Waals surface area contributed by atoms with Gasteiger partial charge in [-0.05, 0) is 75.6 Å². The van der Waals surface area contributed by atoms with Gasteiger partial charge in [-0.15, -0.1) is 0 Å². The average Bonchev–Trinajstić information content (AvgIpc) is 3.20. The highest BCUT2D eigenvalue weighted by Gasteiger charge is 2.48. The normalized spacial score (nSPS) is 23.2. The Labute approximate surface area is 174 Å². The van der Waals surface area contributed by atoms with E-state index >= 15 is 0 Å². The summed E-state index contributed by atoms with van der Waals surface area (Å²) in [6.45, 7) is 2.74. The van der Waals surface area contributed by atoms with Crippen LogP contribution in [0.5, 0.6) is 0 Å². The zero-order chi connectivity index (χ0) is 20.2. The van der Waals surface area contributed by atoms with Crippen LogP contribution < -0.4 is 0 Å². The molecule has 1 unspecified atom stereocenters. The molecule has 2 aromatic heterocycles. The lowest BCUT2D eigenvalue weighted by atomic mass is 9.67. The van der Waals surface area contributed by atoms with Gasteiger partial charge < -0.3 is 4.74 Å². The Morgan fingerprint density at radius 3 is 2.76 bits per heavy atom. The van der Waals surface area contributed by atoms with E-state index in [0.29, 0.717) is 5.56 Å². The number of aryl methyl sites for hydroxylation is 2. The van der Waals surface area contributed by atoms with Crippen LogP contribution >= 0.6 is 0 Å². The lowest BCUT2D eigenvalue weighted by Gasteiger charge is -2.46. The van der Waals surface area contributed by atoms with Gasteiger partial charge in [-0.25, -0.2) is 0 Å². The molecule has 4 nitrogen and oxygen atoms in total. The second-order valence-corrected chi connectivity index (χ2v) is 8.96. The van der Waals surface area contributed by atoms with Gasteiger partial charge in [0.15, 0.2) is 0 Å². The van der Waals surface area contributed by atoms with E-state index in [0.717, 1.165) is 50.8 Å². The summed E-state index contributed by atoms with van der Waals surface area (Å²) in [4.78, 5) is 9.18. The number of nitriles is 1. The third-order valence-corrected chi connectivity index (χ3v) is 7.01. The Bertz CT molecular complexity index is 867. The average molecular weight is 390 g/mol. The third-order valence-electron chi connectivity index (χ3n) is 7.01. The van der Waals surface area contributed by atoms with E-state index in [2.05, 4.69) is 23.2 Å². The SMILES string of the molecule is Cc1ncc(CCCCC2(c3ccccn3)CCOC3(CCCC3)C2)cc1C#N. The van der Waals surface area contributed by atoms with E-state index < -0.39 is 0 Å². The van der Waals surface area contributed by atoms with E-state index in [1.807, 2.05) is 31.5 Å². The number of aromatic nitrogens is 2. The molecule has 1 atom stereocenters. The monoisotopic (exact) mass is 389 g/mol.